The SMILES string of the molecule is CC(=O)N1c2ccc(-c3ccc(C(=O)NC(C)(C)CCOC(C)(C)CCNC(=C4CCC4)C4CC(c5cccc(C)c5)CN(C(=O)CC#N)C4)cc3)cc2CC[C@@H]1C. The van der Waals surface area contributed by atoms with Crippen LogP contribution in [0.3, 0.4) is 0 Å². The molecule has 1 aliphatic carbocycles. The Morgan fingerprint density at radius 1 is 0.931 bits per heavy atom. The molecule has 1 saturated heterocycles. The number of nitrogens with one attached hydrogen (secondary N) is 2. The van der Waals surface area contributed by atoms with E-state index in [0.717, 1.165) is 61.9 Å². The minimum atomic E-state index is -0.478. The molecule has 2 fully saturated rings. The summed E-state index contributed by atoms with van der Waals surface area (Å²) in [6.45, 7) is 16.7. The molecule has 3 amide bonds. The third-order valence-corrected chi connectivity index (χ3v) is 12.4. The largest absolute Gasteiger partial charge is 0.388 e. The van der Waals surface area contributed by atoms with Gasteiger partial charge in [-0.2, -0.15) is 5.26 Å². The van der Waals surface area contributed by atoms with Crippen molar-refractivity contribution in [2.45, 2.75) is 129 Å². The zero-order valence-corrected chi connectivity index (χ0v) is 35.7. The maximum atomic E-state index is 13.4. The first-order valence-corrected chi connectivity index (χ1v) is 21.3. The Labute approximate surface area is 346 Å². The minimum absolute atomic E-state index is 0.0687. The average molecular weight is 786 g/mol. The number of piperidine rings is 1. The number of carbonyl (C=O) groups is 3. The van der Waals surface area contributed by atoms with Crippen LogP contribution in [0, 0.1) is 24.2 Å². The molecule has 2 aliphatic heterocycles. The molecule has 1 saturated carbocycles. The van der Waals surface area contributed by atoms with Crippen molar-refractivity contribution in [1.29, 1.82) is 5.26 Å². The van der Waals surface area contributed by atoms with Gasteiger partial charge in [-0.3, -0.25) is 14.4 Å². The van der Waals surface area contributed by atoms with E-state index in [4.69, 9.17) is 4.74 Å². The zero-order valence-electron chi connectivity index (χ0n) is 35.7. The van der Waals surface area contributed by atoms with E-state index in [1.807, 2.05) is 54.0 Å². The number of benzene rings is 3. The Morgan fingerprint density at radius 2 is 1.67 bits per heavy atom. The van der Waals surface area contributed by atoms with Crippen molar-refractivity contribution < 1.29 is 19.1 Å². The lowest BCUT2D eigenvalue weighted by Crippen LogP contribution is -2.46. The highest BCUT2D eigenvalue weighted by molar-refractivity contribution is 5.96. The molecule has 3 atom stereocenters. The number of rotatable bonds is 14. The van der Waals surface area contributed by atoms with Crippen LogP contribution in [0.4, 0.5) is 5.69 Å². The van der Waals surface area contributed by atoms with E-state index in [2.05, 4.69) is 80.8 Å². The van der Waals surface area contributed by atoms with E-state index < -0.39 is 5.54 Å². The van der Waals surface area contributed by atoms with Crippen LogP contribution >= 0.6 is 0 Å². The summed E-state index contributed by atoms with van der Waals surface area (Å²) in [5.74, 6) is 0.268. The van der Waals surface area contributed by atoms with Gasteiger partial charge in [0, 0.05) is 73.5 Å². The van der Waals surface area contributed by atoms with Crippen LogP contribution in [0.1, 0.15) is 126 Å². The fourth-order valence-electron chi connectivity index (χ4n) is 8.86. The van der Waals surface area contributed by atoms with E-state index in [-0.39, 0.29) is 47.6 Å². The van der Waals surface area contributed by atoms with Crippen molar-refractivity contribution in [2.24, 2.45) is 5.92 Å². The number of aryl methyl sites for hydroxylation is 2. The molecule has 0 radical (unpaired) electrons. The third kappa shape index (κ3) is 10.6. The number of nitrogens with zero attached hydrogens (tertiary/aromatic N) is 3. The van der Waals surface area contributed by atoms with E-state index in [1.54, 1.807) is 6.92 Å². The van der Waals surface area contributed by atoms with Crippen molar-refractivity contribution in [1.82, 2.24) is 15.5 Å². The first-order chi connectivity index (χ1) is 27.6. The summed E-state index contributed by atoms with van der Waals surface area (Å²) in [5.41, 5.74) is 9.24. The standard InChI is InChI=1S/C49H63N5O4/c1-33-10-8-13-39(28-33)42-30-43(32-53(31-42)45(56)22-25-50)46(37-11-9-12-37)51-26-23-49(6,7)58-27-24-48(4,5)52-47(57)38-18-16-36(17-19-38)40-20-21-44-41(29-40)15-14-34(2)54(44)35(3)55/h8,10,13,16-21,28-29,34,42-43,51H,9,11-12,14-15,22-24,26-27,30-32H2,1-7H3,(H,52,57)/t34-,42?,43?/m0/s1. The van der Waals surface area contributed by atoms with Gasteiger partial charge in [0.05, 0.1) is 11.7 Å². The lowest BCUT2D eigenvalue weighted by molar-refractivity contribution is -0.132. The highest BCUT2D eigenvalue weighted by atomic mass is 16.5. The van der Waals surface area contributed by atoms with Gasteiger partial charge in [0.2, 0.25) is 11.8 Å². The summed E-state index contributed by atoms with van der Waals surface area (Å²) in [6, 6.07) is 24.9. The molecular formula is C49H63N5O4. The molecule has 0 aromatic heterocycles. The Morgan fingerprint density at radius 3 is 2.34 bits per heavy atom. The van der Waals surface area contributed by atoms with Gasteiger partial charge >= 0.3 is 0 Å². The highest BCUT2D eigenvalue weighted by Crippen LogP contribution is 2.39. The first kappa shape index (κ1) is 42.7. The monoisotopic (exact) mass is 785 g/mol. The van der Waals surface area contributed by atoms with Gasteiger partial charge in [-0.25, -0.2) is 0 Å². The zero-order chi connectivity index (χ0) is 41.6. The smallest absolute Gasteiger partial charge is 0.251 e. The molecule has 3 aromatic rings. The van der Waals surface area contributed by atoms with Crippen LogP contribution in [0.15, 0.2) is 78.0 Å². The number of hydrogen-bond donors (Lipinski definition) is 2. The number of anilines is 1. The van der Waals surface area contributed by atoms with Crippen molar-refractivity contribution in [3.05, 3.63) is 100 Å². The summed E-state index contributed by atoms with van der Waals surface area (Å²) in [6.07, 6.45) is 7.56. The van der Waals surface area contributed by atoms with Crippen molar-refractivity contribution in [3.8, 4) is 17.2 Å². The quantitative estimate of drug-likeness (QED) is 0.169. The summed E-state index contributed by atoms with van der Waals surface area (Å²) in [7, 11) is 0. The van der Waals surface area contributed by atoms with E-state index in [9.17, 15) is 19.6 Å². The molecule has 3 aliphatic rings. The van der Waals surface area contributed by atoms with Gasteiger partial charge in [0.15, 0.2) is 0 Å². The molecule has 2 unspecified atom stereocenters. The summed E-state index contributed by atoms with van der Waals surface area (Å²) < 4.78 is 6.46. The number of amides is 3. The van der Waals surface area contributed by atoms with Gasteiger partial charge in [-0.1, -0.05) is 53.6 Å². The predicted molar refractivity (Wildman–Crippen MR) is 231 cm³/mol. The molecule has 9 nitrogen and oxygen atoms in total. The second-order valence-corrected chi connectivity index (χ2v) is 18.1. The van der Waals surface area contributed by atoms with E-state index >= 15 is 0 Å². The number of carbonyl (C=O) groups excluding carboxylic acids is 3. The molecule has 0 bridgehead atoms. The Bertz CT molecular complexity index is 2040. The van der Waals surface area contributed by atoms with Crippen molar-refractivity contribution >= 4 is 23.4 Å². The van der Waals surface area contributed by atoms with Crippen LogP contribution in [0.2, 0.25) is 0 Å². The highest BCUT2D eigenvalue weighted by Gasteiger charge is 2.35. The molecular weight excluding hydrogens is 723 g/mol. The molecule has 58 heavy (non-hydrogen) atoms. The molecule has 2 heterocycles. The Kier molecular flexibility index (Phi) is 13.5. The average Bonchev–Trinajstić information content (AvgIpc) is 3.16. The second-order valence-electron chi connectivity index (χ2n) is 18.1. The fraction of sp³-hybridized carbons (Fsp3) is 0.510. The number of nitriles is 1. The minimum Gasteiger partial charge on any atom is -0.388 e. The van der Waals surface area contributed by atoms with Crippen LogP contribution in [0.25, 0.3) is 11.1 Å². The predicted octanol–water partition coefficient (Wildman–Crippen LogP) is 9.01. The van der Waals surface area contributed by atoms with E-state index in [0.29, 0.717) is 31.7 Å². The van der Waals surface area contributed by atoms with Gasteiger partial charge in [-0.15, -0.1) is 0 Å². The van der Waals surface area contributed by atoms with Gasteiger partial charge < -0.3 is 25.2 Å². The van der Waals surface area contributed by atoms with Crippen molar-refractivity contribution in [2.75, 3.05) is 31.1 Å². The van der Waals surface area contributed by atoms with E-state index in [1.165, 1.54) is 34.4 Å². The summed E-state index contributed by atoms with van der Waals surface area (Å²) >= 11 is 0. The molecule has 9 heteroatoms. The molecule has 2 N–H and O–H groups in total. The number of allylic oxidation sites excluding steroid dienone is 1. The summed E-state index contributed by atoms with van der Waals surface area (Å²) in [5, 5.41) is 16.4. The second kappa shape index (κ2) is 18.3. The van der Waals surface area contributed by atoms with Crippen LogP contribution in [-0.2, 0) is 20.7 Å². The normalized spacial score (nSPS) is 19.4. The topological polar surface area (TPSA) is 115 Å². The van der Waals surface area contributed by atoms with Gasteiger partial charge in [0.1, 0.15) is 6.42 Å². The number of ether oxygens (including phenoxy) is 1. The van der Waals surface area contributed by atoms with Gasteiger partial charge in [-0.05, 0) is 139 Å². The lowest BCUT2D eigenvalue weighted by Gasteiger charge is -2.41. The maximum Gasteiger partial charge on any atom is 0.251 e. The lowest BCUT2D eigenvalue weighted by atomic mass is 9.78. The molecule has 6 rings (SSSR count). The Balaban J connectivity index is 1.00. The number of hydrogen-bond acceptors (Lipinski definition) is 6. The molecule has 308 valence electrons. The number of likely N-dealkylation sites (tertiary alicyclic amines) is 1. The van der Waals surface area contributed by atoms with Crippen LogP contribution in [0.5, 0.6) is 0 Å². The van der Waals surface area contributed by atoms with Crippen molar-refractivity contribution in [3.63, 3.8) is 0 Å². The summed E-state index contributed by atoms with van der Waals surface area (Å²) in [4.78, 5) is 42.6. The first-order valence-electron chi connectivity index (χ1n) is 21.3. The third-order valence-electron chi connectivity index (χ3n) is 12.4. The number of fused-ring (bicyclic) bond motifs is 1. The molecule has 0 spiro atoms. The Hall–Kier alpha value is -4.94. The molecule has 3 aromatic carbocycles. The van der Waals surface area contributed by atoms with Crippen LogP contribution in [-0.4, -0.2) is 66.0 Å². The fourth-order valence-corrected chi connectivity index (χ4v) is 8.86. The van der Waals surface area contributed by atoms with Gasteiger partial charge in [0.25, 0.3) is 5.91 Å². The maximum absolute atomic E-state index is 13.4. The van der Waals surface area contributed by atoms with Crippen LogP contribution < -0.4 is 15.5 Å².